The van der Waals surface area contributed by atoms with E-state index in [-0.39, 0.29) is 5.91 Å². The van der Waals surface area contributed by atoms with Crippen LogP contribution in [-0.4, -0.2) is 12.0 Å². The maximum absolute atomic E-state index is 12.5. The lowest BCUT2D eigenvalue weighted by molar-refractivity contribution is -0.122. The zero-order valence-electron chi connectivity index (χ0n) is 13.7. The molecule has 122 valence electrons. The van der Waals surface area contributed by atoms with Crippen LogP contribution in [0.25, 0.3) is 0 Å². The van der Waals surface area contributed by atoms with Crippen molar-refractivity contribution in [3.63, 3.8) is 0 Å². The van der Waals surface area contributed by atoms with Crippen molar-refractivity contribution in [2.75, 3.05) is 5.32 Å². The SMILES string of the molecule is CCc1ccc(Cl)c(CC)c1NC(=O)C(C)Oc1ccccc1. The molecule has 2 aromatic carbocycles. The largest absolute Gasteiger partial charge is 0.481 e. The fraction of sp³-hybridized carbons (Fsp3) is 0.316. The molecule has 0 radical (unpaired) electrons. The summed E-state index contributed by atoms with van der Waals surface area (Å²) in [7, 11) is 0. The van der Waals surface area contributed by atoms with Gasteiger partial charge >= 0.3 is 0 Å². The number of nitrogens with one attached hydrogen (secondary N) is 1. The van der Waals surface area contributed by atoms with Crippen LogP contribution in [0.15, 0.2) is 42.5 Å². The molecular formula is C19H22ClNO2. The Hall–Kier alpha value is -2.00. The predicted octanol–water partition coefficient (Wildman–Crippen LogP) is 4.87. The van der Waals surface area contributed by atoms with E-state index in [0.717, 1.165) is 29.7 Å². The number of carbonyl (C=O) groups is 1. The molecule has 3 nitrogen and oxygen atoms in total. The van der Waals surface area contributed by atoms with Crippen molar-refractivity contribution in [2.45, 2.75) is 39.7 Å². The molecule has 0 heterocycles. The van der Waals surface area contributed by atoms with Crippen molar-refractivity contribution in [1.29, 1.82) is 0 Å². The number of carbonyl (C=O) groups excluding carboxylic acids is 1. The summed E-state index contributed by atoms with van der Waals surface area (Å²) in [4.78, 5) is 12.5. The Kier molecular flexibility index (Phi) is 6.05. The highest BCUT2D eigenvalue weighted by molar-refractivity contribution is 6.32. The molecule has 2 rings (SSSR count). The number of hydrogen-bond acceptors (Lipinski definition) is 2. The summed E-state index contributed by atoms with van der Waals surface area (Å²) in [5.74, 6) is 0.494. The second-order valence-corrected chi connectivity index (χ2v) is 5.74. The van der Waals surface area contributed by atoms with Crippen molar-refractivity contribution < 1.29 is 9.53 Å². The smallest absolute Gasteiger partial charge is 0.265 e. The van der Waals surface area contributed by atoms with E-state index in [1.54, 1.807) is 6.92 Å². The van der Waals surface area contributed by atoms with Gasteiger partial charge in [0.1, 0.15) is 5.75 Å². The molecule has 4 heteroatoms. The molecule has 2 aromatic rings. The van der Waals surface area contributed by atoms with Crippen molar-refractivity contribution in [2.24, 2.45) is 0 Å². The maximum Gasteiger partial charge on any atom is 0.265 e. The van der Waals surface area contributed by atoms with Crippen LogP contribution in [0.5, 0.6) is 5.75 Å². The molecule has 0 spiro atoms. The Labute approximate surface area is 142 Å². The van der Waals surface area contributed by atoms with Gasteiger partial charge in [0, 0.05) is 10.7 Å². The second-order valence-electron chi connectivity index (χ2n) is 5.33. The van der Waals surface area contributed by atoms with Crippen LogP contribution in [0.1, 0.15) is 31.9 Å². The highest BCUT2D eigenvalue weighted by Crippen LogP contribution is 2.29. The summed E-state index contributed by atoms with van der Waals surface area (Å²) >= 11 is 6.27. The highest BCUT2D eigenvalue weighted by Gasteiger charge is 2.18. The number of halogens is 1. The minimum Gasteiger partial charge on any atom is -0.481 e. The number of anilines is 1. The van der Waals surface area contributed by atoms with Crippen LogP contribution in [0.4, 0.5) is 5.69 Å². The Balaban J connectivity index is 2.18. The number of hydrogen-bond donors (Lipinski definition) is 1. The van der Waals surface area contributed by atoms with Gasteiger partial charge in [0.25, 0.3) is 5.91 Å². The van der Waals surface area contributed by atoms with Gasteiger partial charge in [0.05, 0.1) is 0 Å². The van der Waals surface area contributed by atoms with Gasteiger partial charge in [-0.2, -0.15) is 0 Å². The third-order valence-corrected chi connectivity index (χ3v) is 4.10. The number of aryl methyl sites for hydroxylation is 1. The first-order chi connectivity index (χ1) is 11.1. The normalized spacial score (nSPS) is 11.8. The van der Waals surface area contributed by atoms with Gasteiger partial charge in [-0.1, -0.05) is 49.7 Å². The highest BCUT2D eigenvalue weighted by atomic mass is 35.5. The van der Waals surface area contributed by atoms with Crippen molar-refractivity contribution in [1.82, 2.24) is 0 Å². The third-order valence-electron chi connectivity index (χ3n) is 3.75. The summed E-state index contributed by atoms with van der Waals surface area (Å²) in [6.07, 6.45) is 0.995. The quantitative estimate of drug-likeness (QED) is 0.820. The van der Waals surface area contributed by atoms with Crippen LogP contribution in [0.2, 0.25) is 5.02 Å². The van der Waals surface area contributed by atoms with E-state index in [2.05, 4.69) is 12.2 Å². The topological polar surface area (TPSA) is 38.3 Å². The molecule has 0 fully saturated rings. The molecule has 0 saturated carbocycles. The van der Waals surface area contributed by atoms with Crippen LogP contribution in [0.3, 0.4) is 0 Å². The van der Waals surface area contributed by atoms with E-state index in [9.17, 15) is 4.79 Å². The zero-order chi connectivity index (χ0) is 16.8. The summed E-state index contributed by atoms with van der Waals surface area (Å²) in [6, 6.07) is 13.2. The van der Waals surface area contributed by atoms with Crippen molar-refractivity contribution >= 4 is 23.2 Å². The lowest BCUT2D eigenvalue weighted by Crippen LogP contribution is -2.31. The summed E-state index contributed by atoms with van der Waals surface area (Å²) in [5, 5.41) is 3.67. The van der Waals surface area contributed by atoms with Crippen LogP contribution in [0, 0.1) is 0 Å². The third kappa shape index (κ3) is 4.26. The molecule has 1 atom stereocenters. The van der Waals surface area contributed by atoms with Crippen LogP contribution < -0.4 is 10.1 Å². The van der Waals surface area contributed by atoms with Gasteiger partial charge in [-0.05, 0) is 49.1 Å². The Morgan fingerprint density at radius 3 is 2.43 bits per heavy atom. The fourth-order valence-electron chi connectivity index (χ4n) is 2.45. The average molecular weight is 332 g/mol. The molecule has 1 unspecified atom stereocenters. The summed E-state index contributed by atoms with van der Waals surface area (Å²) < 4.78 is 5.68. The maximum atomic E-state index is 12.5. The van der Waals surface area contributed by atoms with E-state index >= 15 is 0 Å². The average Bonchev–Trinajstić information content (AvgIpc) is 2.56. The van der Waals surface area contributed by atoms with E-state index in [0.29, 0.717) is 10.8 Å². The molecule has 0 bridgehead atoms. The van der Waals surface area contributed by atoms with Gasteiger partial charge in [0.15, 0.2) is 6.10 Å². The molecule has 0 aliphatic carbocycles. The van der Waals surface area contributed by atoms with E-state index in [1.807, 2.05) is 49.4 Å². The lowest BCUT2D eigenvalue weighted by Gasteiger charge is -2.19. The van der Waals surface area contributed by atoms with Crippen molar-refractivity contribution in [3.8, 4) is 5.75 Å². The number of benzene rings is 2. The molecule has 0 aromatic heterocycles. The van der Waals surface area contributed by atoms with Gasteiger partial charge in [-0.3, -0.25) is 4.79 Å². The second kappa shape index (κ2) is 8.02. The summed E-state index contributed by atoms with van der Waals surface area (Å²) in [6.45, 7) is 5.83. The zero-order valence-corrected chi connectivity index (χ0v) is 14.5. The molecule has 0 aliphatic heterocycles. The first kappa shape index (κ1) is 17.4. The number of ether oxygens (including phenoxy) is 1. The minimum atomic E-state index is -0.592. The molecule has 0 aliphatic rings. The summed E-state index contributed by atoms with van der Waals surface area (Å²) in [5.41, 5.74) is 2.86. The van der Waals surface area contributed by atoms with Gasteiger partial charge < -0.3 is 10.1 Å². The number of para-hydroxylation sites is 1. The van der Waals surface area contributed by atoms with Crippen molar-refractivity contribution in [3.05, 3.63) is 58.6 Å². The van der Waals surface area contributed by atoms with Gasteiger partial charge in [-0.15, -0.1) is 0 Å². The Bertz CT molecular complexity index is 671. The van der Waals surface area contributed by atoms with E-state index in [1.165, 1.54) is 0 Å². The molecule has 1 amide bonds. The van der Waals surface area contributed by atoms with Crippen LogP contribution >= 0.6 is 11.6 Å². The molecule has 23 heavy (non-hydrogen) atoms. The standard InChI is InChI=1S/C19H22ClNO2/c1-4-14-11-12-17(20)16(5-2)18(14)21-19(22)13(3)23-15-9-7-6-8-10-15/h6-13H,4-5H2,1-3H3,(H,21,22). The predicted molar refractivity (Wildman–Crippen MR) is 95.4 cm³/mol. The number of rotatable bonds is 6. The first-order valence-electron chi connectivity index (χ1n) is 7.89. The number of amides is 1. The monoisotopic (exact) mass is 331 g/mol. The fourth-order valence-corrected chi connectivity index (χ4v) is 2.74. The lowest BCUT2D eigenvalue weighted by atomic mass is 10.0. The molecule has 0 saturated heterocycles. The van der Waals surface area contributed by atoms with Crippen LogP contribution in [-0.2, 0) is 17.6 Å². The molecule has 1 N–H and O–H groups in total. The molecular weight excluding hydrogens is 310 g/mol. The Morgan fingerprint density at radius 1 is 1.13 bits per heavy atom. The minimum absolute atomic E-state index is 0.180. The van der Waals surface area contributed by atoms with Gasteiger partial charge in [-0.25, -0.2) is 0 Å². The Morgan fingerprint density at radius 2 is 1.83 bits per heavy atom. The van der Waals surface area contributed by atoms with Gasteiger partial charge in [0.2, 0.25) is 0 Å². The van der Waals surface area contributed by atoms with E-state index in [4.69, 9.17) is 16.3 Å². The first-order valence-corrected chi connectivity index (χ1v) is 8.27. The van der Waals surface area contributed by atoms with E-state index < -0.39 is 6.10 Å².